The molecule has 0 radical (unpaired) electrons. The van der Waals surface area contributed by atoms with Gasteiger partial charge in [-0.1, -0.05) is 13.8 Å². The van der Waals surface area contributed by atoms with Crippen molar-refractivity contribution < 1.29 is 9.53 Å². The molecule has 2 rings (SSSR count). The van der Waals surface area contributed by atoms with Gasteiger partial charge >= 0.3 is 0 Å². The van der Waals surface area contributed by atoms with Gasteiger partial charge < -0.3 is 15.4 Å². The number of hydrogen-bond acceptors (Lipinski definition) is 4. The summed E-state index contributed by atoms with van der Waals surface area (Å²) < 4.78 is 5.65. The van der Waals surface area contributed by atoms with Crippen LogP contribution in [0.4, 0.5) is 5.69 Å². The van der Waals surface area contributed by atoms with Crippen molar-refractivity contribution >= 4 is 11.6 Å². The first-order valence-corrected chi connectivity index (χ1v) is 8.75. The van der Waals surface area contributed by atoms with Crippen LogP contribution in [0.25, 0.3) is 0 Å². The normalized spacial score (nSPS) is 10.3. The predicted molar refractivity (Wildman–Crippen MR) is 103 cm³/mol. The maximum Gasteiger partial charge on any atom is 0.251 e. The van der Waals surface area contributed by atoms with Gasteiger partial charge in [-0.05, 0) is 60.9 Å². The Hall–Kier alpha value is -3.00. The van der Waals surface area contributed by atoms with Gasteiger partial charge in [0, 0.05) is 24.3 Å². The fourth-order valence-corrected chi connectivity index (χ4v) is 2.38. The minimum absolute atomic E-state index is 0.0440. The molecule has 26 heavy (non-hydrogen) atoms. The van der Waals surface area contributed by atoms with Crippen molar-refractivity contribution in [3.63, 3.8) is 0 Å². The highest BCUT2D eigenvalue weighted by Crippen LogP contribution is 2.17. The van der Waals surface area contributed by atoms with Crippen LogP contribution >= 0.6 is 0 Å². The molecule has 2 aromatic carbocycles. The molecule has 0 saturated carbocycles. The van der Waals surface area contributed by atoms with E-state index in [0.717, 1.165) is 17.0 Å². The van der Waals surface area contributed by atoms with Gasteiger partial charge in [0.25, 0.3) is 5.91 Å². The summed E-state index contributed by atoms with van der Waals surface area (Å²) in [5.41, 5.74) is 3.28. The minimum atomic E-state index is -0.0440. The van der Waals surface area contributed by atoms with E-state index < -0.39 is 0 Å². The predicted octanol–water partition coefficient (Wildman–Crippen LogP) is 3.74. The minimum Gasteiger partial charge on any atom is -0.492 e. The van der Waals surface area contributed by atoms with Crippen LogP contribution in [0.5, 0.6) is 5.75 Å². The van der Waals surface area contributed by atoms with Crippen LogP contribution in [0.2, 0.25) is 0 Å². The maximum atomic E-state index is 12.1. The Labute approximate surface area is 155 Å². The zero-order chi connectivity index (χ0) is 18.9. The van der Waals surface area contributed by atoms with Crippen molar-refractivity contribution in [3.05, 3.63) is 59.2 Å². The van der Waals surface area contributed by atoms with E-state index in [0.29, 0.717) is 36.7 Å². The zero-order valence-electron chi connectivity index (χ0n) is 15.5. The quantitative estimate of drug-likeness (QED) is 0.711. The average Bonchev–Trinajstić information content (AvgIpc) is 2.64. The molecule has 0 unspecified atom stereocenters. The number of hydrogen-bond donors (Lipinski definition) is 2. The fourth-order valence-electron chi connectivity index (χ4n) is 2.38. The van der Waals surface area contributed by atoms with Crippen molar-refractivity contribution in [2.75, 3.05) is 25.0 Å². The molecule has 0 aromatic heterocycles. The summed E-state index contributed by atoms with van der Waals surface area (Å²) in [5.74, 6) is 1.12. The lowest BCUT2D eigenvalue weighted by molar-refractivity contribution is 0.0949. The number of rotatable bonds is 8. The first kappa shape index (κ1) is 19.3. The van der Waals surface area contributed by atoms with Crippen LogP contribution in [0, 0.1) is 24.2 Å². The summed E-state index contributed by atoms with van der Waals surface area (Å²) in [4.78, 5) is 12.1. The first-order valence-electron chi connectivity index (χ1n) is 8.75. The highest BCUT2D eigenvalue weighted by atomic mass is 16.5. The van der Waals surface area contributed by atoms with Crippen molar-refractivity contribution in [3.8, 4) is 11.8 Å². The number of benzene rings is 2. The molecule has 0 aliphatic rings. The molecule has 5 nitrogen and oxygen atoms in total. The number of nitrogens with one attached hydrogen (secondary N) is 2. The second-order valence-corrected chi connectivity index (χ2v) is 6.54. The number of ether oxygens (including phenoxy) is 1. The van der Waals surface area contributed by atoms with Gasteiger partial charge in [0.05, 0.1) is 11.6 Å². The molecule has 0 atom stereocenters. The van der Waals surface area contributed by atoms with Crippen LogP contribution in [-0.4, -0.2) is 25.6 Å². The number of aryl methyl sites for hydroxylation is 1. The van der Waals surface area contributed by atoms with E-state index in [1.165, 1.54) is 0 Å². The summed E-state index contributed by atoms with van der Waals surface area (Å²) in [5, 5.41) is 15.0. The van der Waals surface area contributed by atoms with E-state index in [4.69, 9.17) is 10.00 Å². The van der Waals surface area contributed by atoms with E-state index >= 15 is 0 Å². The van der Waals surface area contributed by atoms with E-state index in [9.17, 15) is 4.79 Å². The van der Waals surface area contributed by atoms with Crippen molar-refractivity contribution in [1.82, 2.24) is 5.32 Å². The van der Waals surface area contributed by atoms with Gasteiger partial charge in [-0.2, -0.15) is 5.26 Å². The highest BCUT2D eigenvalue weighted by molar-refractivity contribution is 5.94. The van der Waals surface area contributed by atoms with Gasteiger partial charge in [0.15, 0.2) is 0 Å². The van der Waals surface area contributed by atoms with Gasteiger partial charge in [-0.15, -0.1) is 0 Å². The van der Waals surface area contributed by atoms with E-state index in [1.807, 2.05) is 25.1 Å². The van der Waals surface area contributed by atoms with E-state index in [2.05, 4.69) is 30.6 Å². The Morgan fingerprint density at radius 1 is 1.19 bits per heavy atom. The molecule has 2 aromatic rings. The van der Waals surface area contributed by atoms with Gasteiger partial charge in [0.1, 0.15) is 12.4 Å². The number of amides is 1. The number of carbonyl (C=O) groups excluding carboxylic acids is 1. The molecule has 1 amide bonds. The van der Waals surface area contributed by atoms with E-state index in [-0.39, 0.29) is 5.91 Å². The first-order chi connectivity index (χ1) is 12.5. The number of nitrogens with zero attached hydrogens (tertiary/aromatic N) is 1. The van der Waals surface area contributed by atoms with Crippen LogP contribution < -0.4 is 15.4 Å². The SMILES string of the molecule is Cc1cc(C(=O)NCC(C)C)ccc1NCCOc1ccc(C#N)cc1. The molecule has 5 heteroatoms. The highest BCUT2D eigenvalue weighted by Gasteiger charge is 2.08. The smallest absolute Gasteiger partial charge is 0.251 e. The Bertz CT molecular complexity index is 777. The summed E-state index contributed by atoms with van der Waals surface area (Å²) in [6.45, 7) is 7.92. The largest absolute Gasteiger partial charge is 0.492 e. The lowest BCUT2D eigenvalue weighted by Crippen LogP contribution is -2.27. The summed E-state index contributed by atoms with van der Waals surface area (Å²) in [6, 6.07) is 14.7. The number of nitriles is 1. The Morgan fingerprint density at radius 3 is 2.54 bits per heavy atom. The molecule has 0 heterocycles. The van der Waals surface area contributed by atoms with E-state index in [1.54, 1.807) is 24.3 Å². The second-order valence-electron chi connectivity index (χ2n) is 6.54. The van der Waals surface area contributed by atoms with Crippen molar-refractivity contribution in [1.29, 1.82) is 5.26 Å². The fraction of sp³-hybridized carbons (Fsp3) is 0.333. The Balaban J connectivity index is 1.82. The third-order valence-corrected chi connectivity index (χ3v) is 3.83. The topological polar surface area (TPSA) is 74.2 Å². The molecular weight excluding hydrogens is 326 g/mol. The monoisotopic (exact) mass is 351 g/mol. The molecule has 0 fully saturated rings. The van der Waals surface area contributed by atoms with Crippen LogP contribution in [-0.2, 0) is 0 Å². The molecule has 0 aliphatic heterocycles. The van der Waals surface area contributed by atoms with Crippen LogP contribution in [0.3, 0.4) is 0 Å². The second kappa shape index (κ2) is 9.47. The lowest BCUT2D eigenvalue weighted by Gasteiger charge is -2.13. The van der Waals surface area contributed by atoms with Gasteiger partial charge in [-0.3, -0.25) is 4.79 Å². The molecule has 0 bridgehead atoms. The number of anilines is 1. The maximum absolute atomic E-state index is 12.1. The number of carbonyl (C=O) groups is 1. The Morgan fingerprint density at radius 2 is 1.92 bits per heavy atom. The third kappa shape index (κ3) is 5.82. The van der Waals surface area contributed by atoms with Gasteiger partial charge in [0.2, 0.25) is 0 Å². The standard InChI is InChI=1S/C21H25N3O2/c1-15(2)14-24-21(25)18-6-9-20(16(3)12-18)23-10-11-26-19-7-4-17(13-22)5-8-19/h4-9,12,15,23H,10-11,14H2,1-3H3,(H,24,25). The summed E-state index contributed by atoms with van der Waals surface area (Å²) >= 11 is 0. The van der Waals surface area contributed by atoms with Gasteiger partial charge in [-0.25, -0.2) is 0 Å². The van der Waals surface area contributed by atoms with Crippen LogP contribution in [0.15, 0.2) is 42.5 Å². The zero-order valence-corrected chi connectivity index (χ0v) is 15.5. The van der Waals surface area contributed by atoms with Crippen molar-refractivity contribution in [2.24, 2.45) is 5.92 Å². The molecule has 136 valence electrons. The molecule has 0 saturated heterocycles. The van der Waals surface area contributed by atoms with Crippen molar-refractivity contribution in [2.45, 2.75) is 20.8 Å². The molecule has 0 spiro atoms. The third-order valence-electron chi connectivity index (χ3n) is 3.83. The molecular formula is C21H25N3O2. The molecule has 0 aliphatic carbocycles. The average molecular weight is 351 g/mol. The molecule has 2 N–H and O–H groups in total. The summed E-state index contributed by atoms with van der Waals surface area (Å²) in [7, 11) is 0. The summed E-state index contributed by atoms with van der Waals surface area (Å²) in [6.07, 6.45) is 0. The van der Waals surface area contributed by atoms with Crippen LogP contribution in [0.1, 0.15) is 35.3 Å². The Kier molecular flexibility index (Phi) is 7.04. The lowest BCUT2D eigenvalue weighted by atomic mass is 10.1.